The minimum absolute atomic E-state index is 0.711. The van der Waals surface area contributed by atoms with E-state index in [1.165, 1.54) is 5.56 Å². The van der Waals surface area contributed by atoms with E-state index in [-0.39, 0.29) is 0 Å². The molecule has 0 bridgehead atoms. The van der Waals surface area contributed by atoms with E-state index in [1.807, 2.05) is 54.9 Å². The molecule has 3 heteroatoms. The van der Waals surface area contributed by atoms with Gasteiger partial charge in [0.05, 0.1) is 5.69 Å². The van der Waals surface area contributed by atoms with Crippen LogP contribution in [0.2, 0.25) is 0 Å². The number of hydrogen-bond donors (Lipinski definition) is 0. The second-order valence-electron chi connectivity index (χ2n) is 8.59. The summed E-state index contributed by atoms with van der Waals surface area (Å²) in [4.78, 5) is 14.2. The number of rotatable bonds is 5. The number of hydrogen-bond acceptors (Lipinski definition) is 3. The van der Waals surface area contributed by atoms with Gasteiger partial charge in [-0.25, -0.2) is 9.97 Å². The van der Waals surface area contributed by atoms with Gasteiger partial charge in [0, 0.05) is 40.8 Å². The fraction of sp³-hybridized carbons (Fsp3) is 0. The molecule has 0 amide bonds. The first kappa shape index (κ1) is 21.6. The van der Waals surface area contributed by atoms with Gasteiger partial charge in [-0.15, -0.1) is 0 Å². The van der Waals surface area contributed by atoms with Crippen LogP contribution >= 0.6 is 0 Å². The summed E-state index contributed by atoms with van der Waals surface area (Å²) >= 11 is 0. The number of pyridine rings is 1. The van der Waals surface area contributed by atoms with Crippen molar-refractivity contribution < 1.29 is 0 Å². The maximum Gasteiger partial charge on any atom is 0.159 e. The normalized spacial score (nSPS) is 10.8. The van der Waals surface area contributed by atoms with Crippen LogP contribution in [0.4, 0.5) is 0 Å². The Morgan fingerprint density at radius 2 is 1.00 bits per heavy atom. The highest BCUT2D eigenvalue weighted by molar-refractivity contribution is 5.85. The minimum Gasteiger partial charge on any atom is -0.264 e. The Hall–Kier alpha value is -4.89. The Morgan fingerprint density at radius 1 is 0.417 bits per heavy atom. The Labute approximate surface area is 210 Å². The molecule has 6 rings (SSSR count). The molecule has 3 nitrogen and oxygen atoms in total. The van der Waals surface area contributed by atoms with Crippen molar-refractivity contribution in [3.8, 4) is 56.0 Å². The van der Waals surface area contributed by atoms with Crippen LogP contribution in [0.15, 0.2) is 140 Å². The summed E-state index contributed by atoms with van der Waals surface area (Å²) in [5, 5.41) is 0. The van der Waals surface area contributed by atoms with Gasteiger partial charge >= 0.3 is 0 Å². The first-order chi connectivity index (χ1) is 17.8. The average Bonchev–Trinajstić information content (AvgIpc) is 2.98. The lowest BCUT2D eigenvalue weighted by molar-refractivity contribution is 1.18. The maximum atomic E-state index is 5.10. The standard InChI is InChI=1S/C33H23N3/c1-3-10-24(11-4-1)26-14-8-17-29(21-26)32-31(23-35-33(36-32)25-12-5-2-6-13-25)28-16-7-15-27(20-28)30-18-9-19-34-22-30/h1-23H. The largest absolute Gasteiger partial charge is 0.264 e. The molecule has 0 saturated carbocycles. The molecule has 170 valence electrons. The summed E-state index contributed by atoms with van der Waals surface area (Å²) in [5.74, 6) is 0.711. The highest BCUT2D eigenvalue weighted by Crippen LogP contribution is 2.35. The average molecular weight is 462 g/mol. The molecule has 0 saturated heterocycles. The van der Waals surface area contributed by atoms with Crippen molar-refractivity contribution in [2.75, 3.05) is 0 Å². The lowest BCUT2D eigenvalue weighted by Gasteiger charge is -2.13. The number of benzene rings is 4. The van der Waals surface area contributed by atoms with E-state index in [1.54, 1.807) is 6.20 Å². The van der Waals surface area contributed by atoms with Gasteiger partial charge in [0.2, 0.25) is 0 Å². The molecule has 6 aromatic rings. The third-order valence-electron chi connectivity index (χ3n) is 6.23. The fourth-order valence-corrected chi connectivity index (χ4v) is 4.42. The van der Waals surface area contributed by atoms with Gasteiger partial charge in [0.15, 0.2) is 5.82 Å². The zero-order chi connectivity index (χ0) is 24.2. The van der Waals surface area contributed by atoms with Gasteiger partial charge in [0.25, 0.3) is 0 Å². The fourth-order valence-electron chi connectivity index (χ4n) is 4.42. The van der Waals surface area contributed by atoms with Gasteiger partial charge in [-0.2, -0.15) is 0 Å². The van der Waals surface area contributed by atoms with Crippen molar-refractivity contribution >= 4 is 0 Å². The van der Waals surface area contributed by atoms with Gasteiger partial charge in [-0.1, -0.05) is 103 Å². The predicted molar refractivity (Wildman–Crippen MR) is 147 cm³/mol. The zero-order valence-corrected chi connectivity index (χ0v) is 19.6. The molecular weight excluding hydrogens is 438 g/mol. The summed E-state index contributed by atoms with van der Waals surface area (Å²) in [5.41, 5.74) is 9.53. The molecule has 0 radical (unpaired) electrons. The second-order valence-corrected chi connectivity index (χ2v) is 8.59. The Kier molecular flexibility index (Phi) is 5.87. The lowest BCUT2D eigenvalue weighted by atomic mass is 9.95. The zero-order valence-electron chi connectivity index (χ0n) is 19.6. The Bertz CT molecular complexity index is 1610. The van der Waals surface area contributed by atoms with Crippen LogP contribution in [0, 0.1) is 0 Å². The van der Waals surface area contributed by atoms with E-state index in [0.717, 1.165) is 44.6 Å². The highest BCUT2D eigenvalue weighted by atomic mass is 14.9. The molecule has 0 aliphatic carbocycles. The maximum absolute atomic E-state index is 5.10. The molecule has 2 heterocycles. The third-order valence-corrected chi connectivity index (χ3v) is 6.23. The van der Waals surface area contributed by atoms with Crippen LogP contribution in [-0.4, -0.2) is 15.0 Å². The van der Waals surface area contributed by atoms with E-state index in [9.17, 15) is 0 Å². The van der Waals surface area contributed by atoms with E-state index >= 15 is 0 Å². The minimum atomic E-state index is 0.711. The molecule has 0 unspecified atom stereocenters. The smallest absolute Gasteiger partial charge is 0.159 e. The van der Waals surface area contributed by atoms with E-state index in [2.05, 4.69) is 83.8 Å². The monoisotopic (exact) mass is 461 g/mol. The van der Waals surface area contributed by atoms with Crippen LogP contribution in [0.5, 0.6) is 0 Å². The van der Waals surface area contributed by atoms with E-state index < -0.39 is 0 Å². The molecule has 0 atom stereocenters. The molecule has 2 aromatic heterocycles. The van der Waals surface area contributed by atoms with Crippen LogP contribution in [0.25, 0.3) is 56.0 Å². The first-order valence-corrected chi connectivity index (χ1v) is 11.9. The topological polar surface area (TPSA) is 38.7 Å². The Balaban J connectivity index is 1.52. The summed E-state index contributed by atoms with van der Waals surface area (Å²) in [6.45, 7) is 0. The molecule has 4 aromatic carbocycles. The van der Waals surface area contributed by atoms with Crippen LogP contribution in [-0.2, 0) is 0 Å². The summed E-state index contributed by atoms with van der Waals surface area (Å²) in [7, 11) is 0. The quantitative estimate of drug-likeness (QED) is 0.260. The van der Waals surface area contributed by atoms with Crippen LogP contribution in [0.1, 0.15) is 0 Å². The van der Waals surface area contributed by atoms with Gasteiger partial charge in [-0.3, -0.25) is 4.98 Å². The lowest BCUT2D eigenvalue weighted by Crippen LogP contribution is -1.96. The summed E-state index contributed by atoms with van der Waals surface area (Å²) in [6.07, 6.45) is 5.63. The SMILES string of the molecule is c1ccc(-c2cccc(-c3nc(-c4ccccc4)ncc3-c3cccc(-c4cccnc4)c3)c2)cc1. The number of aromatic nitrogens is 3. The molecule has 0 aliphatic heterocycles. The van der Waals surface area contributed by atoms with Crippen LogP contribution in [0.3, 0.4) is 0 Å². The van der Waals surface area contributed by atoms with E-state index in [0.29, 0.717) is 5.82 Å². The predicted octanol–water partition coefficient (Wildman–Crippen LogP) is 8.21. The molecule has 0 spiro atoms. The molecule has 0 fully saturated rings. The van der Waals surface area contributed by atoms with Crippen molar-refractivity contribution in [2.24, 2.45) is 0 Å². The van der Waals surface area contributed by atoms with Gasteiger partial charge in [-0.05, 0) is 40.5 Å². The summed E-state index contributed by atoms with van der Waals surface area (Å²) < 4.78 is 0. The van der Waals surface area contributed by atoms with Crippen molar-refractivity contribution in [1.82, 2.24) is 15.0 Å². The molecule has 0 N–H and O–H groups in total. The van der Waals surface area contributed by atoms with Crippen molar-refractivity contribution in [3.63, 3.8) is 0 Å². The van der Waals surface area contributed by atoms with E-state index in [4.69, 9.17) is 9.97 Å². The van der Waals surface area contributed by atoms with Gasteiger partial charge < -0.3 is 0 Å². The first-order valence-electron chi connectivity index (χ1n) is 11.9. The molecule has 36 heavy (non-hydrogen) atoms. The van der Waals surface area contributed by atoms with Gasteiger partial charge in [0.1, 0.15) is 0 Å². The Morgan fingerprint density at radius 3 is 1.72 bits per heavy atom. The van der Waals surface area contributed by atoms with Crippen molar-refractivity contribution in [2.45, 2.75) is 0 Å². The molecule has 0 aliphatic rings. The molecular formula is C33H23N3. The highest BCUT2D eigenvalue weighted by Gasteiger charge is 2.14. The number of nitrogens with zero attached hydrogens (tertiary/aromatic N) is 3. The van der Waals surface area contributed by atoms with Crippen molar-refractivity contribution in [1.29, 1.82) is 0 Å². The van der Waals surface area contributed by atoms with Crippen molar-refractivity contribution in [3.05, 3.63) is 140 Å². The summed E-state index contributed by atoms with van der Waals surface area (Å²) in [6, 6.07) is 41.6. The third kappa shape index (κ3) is 4.42. The second kappa shape index (κ2) is 9.77. The van der Waals surface area contributed by atoms with Crippen LogP contribution < -0.4 is 0 Å².